The third-order valence-corrected chi connectivity index (χ3v) is 3.37. The number of nitrogens with zero attached hydrogens (tertiary/aromatic N) is 1. The normalized spacial score (nSPS) is 16.0. The third kappa shape index (κ3) is 3.26. The van der Waals surface area contributed by atoms with Crippen molar-refractivity contribution in [1.82, 2.24) is 10.2 Å². The van der Waals surface area contributed by atoms with Crippen LogP contribution in [-0.4, -0.2) is 41.0 Å². The molecule has 1 saturated heterocycles. The van der Waals surface area contributed by atoms with Crippen molar-refractivity contribution >= 4 is 11.8 Å². The molecule has 1 heterocycles. The molecule has 2 N–H and O–H groups in total. The first-order valence-electron chi connectivity index (χ1n) is 6.52. The van der Waals surface area contributed by atoms with Crippen LogP contribution in [0.2, 0.25) is 0 Å². The Labute approximate surface area is 116 Å². The number of carbonyl (C=O) groups is 2. The zero-order valence-electron chi connectivity index (χ0n) is 11.2. The first kappa shape index (κ1) is 14.3. The fourth-order valence-corrected chi connectivity index (χ4v) is 2.36. The van der Waals surface area contributed by atoms with Crippen LogP contribution in [0.5, 0.6) is 5.75 Å². The van der Waals surface area contributed by atoms with E-state index in [2.05, 4.69) is 5.32 Å². The highest BCUT2D eigenvalue weighted by Gasteiger charge is 2.25. The molecule has 6 heteroatoms. The van der Waals surface area contributed by atoms with E-state index in [4.69, 9.17) is 5.11 Å². The molecule has 0 aliphatic carbocycles. The predicted octanol–water partition coefficient (Wildman–Crippen LogP) is 1.27. The second-order valence-corrected chi connectivity index (χ2v) is 4.93. The third-order valence-electron chi connectivity index (χ3n) is 3.37. The molecule has 0 unspecified atom stereocenters. The zero-order chi connectivity index (χ0) is 14.7. The average molecular weight is 280 g/mol. The summed E-state index contributed by atoms with van der Waals surface area (Å²) >= 11 is 0. The van der Waals surface area contributed by atoms with Gasteiger partial charge in [0.15, 0.2) is 0 Å². The Hall–Kier alpha value is -2.11. The van der Waals surface area contributed by atoms with Gasteiger partial charge in [0.25, 0.3) is 5.91 Å². The van der Waals surface area contributed by atoms with Gasteiger partial charge in [-0.2, -0.15) is 0 Å². The quantitative estimate of drug-likeness (QED) is 0.857. The number of nitrogens with one attached hydrogen (secondary N) is 1. The number of likely N-dealkylation sites (tertiary alicyclic amines) is 1. The molecule has 108 valence electrons. The molecule has 1 fully saturated rings. The van der Waals surface area contributed by atoms with E-state index >= 15 is 0 Å². The molecule has 0 saturated carbocycles. The maximum atomic E-state index is 13.6. The molecule has 2 amide bonds. The van der Waals surface area contributed by atoms with Gasteiger partial charge < -0.3 is 15.3 Å². The van der Waals surface area contributed by atoms with Crippen LogP contribution in [0, 0.1) is 5.82 Å². The van der Waals surface area contributed by atoms with Gasteiger partial charge in [-0.15, -0.1) is 0 Å². The Kier molecular flexibility index (Phi) is 4.22. The highest BCUT2D eigenvalue weighted by molar-refractivity contribution is 5.94. The largest absolute Gasteiger partial charge is 0.508 e. The van der Waals surface area contributed by atoms with Crippen molar-refractivity contribution in [3.05, 3.63) is 29.6 Å². The van der Waals surface area contributed by atoms with Crippen LogP contribution in [0.25, 0.3) is 0 Å². The molecule has 1 aliphatic heterocycles. The fraction of sp³-hybridized carbons (Fsp3) is 0.429. The van der Waals surface area contributed by atoms with E-state index in [0.717, 1.165) is 6.07 Å². The molecule has 5 nitrogen and oxygen atoms in total. The SMILES string of the molecule is CC(=O)NC1CCN(C(=O)c2ccc(O)cc2F)CC1. The molecular weight excluding hydrogens is 263 g/mol. The number of aromatic hydroxyl groups is 1. The lowest BCUT2D eigenvalue weighted by atomic mass is 10.0. The second-order valence-electron chi connectivity index (χ2n) is 4.93. The molecule has 0 atom stereocenters. The van der Waals surface area contributed by atoms with E-state index in [9.17, 15) is 14.0 Å². The zero-order valence-corrected chi connectivity index (χ0v) is 11.2. The van der Waals surface area contributed by atoms with Gasteiger partial charge in [-0.05, 0) is 25.0 Å². The molecule has 1 aromatic rings. The Morgan fingerprint density at radius 1 is 1.35 bits per heavy atom. The Morgan fingerprint density at radius 2 is 2.00 bits per heavy atom. The number of hydrogen-bond donors (Lipinski definition) is 2. The first-order valence-corrected chi connectivity index (χ1v) is 6.52. The lowest BCUT2D eigenvalue weighted by Crippen LogP contribution is -2.46. The Morgan fingerprint density at radius 3 is 2.55 bits per heavy atom. The first-order chi connectivity index (χ1) is 9.47. The molecular formula is C14H17FN2O3. The summed E-state index contributed by atoms with van der Waals surface area (Å²) in [5.74, 6) is -1.40. The lowest BCUT2D eigenvalue weighted by Gasteiger charge is -2.32. The summed E-state index contributed by atoms with van der Waals surface area (Å²) in [5, 5.41) is 12.0. The van der Waals surface area contributed by atoms with E-state index in [-0.39, 0.29) is 29.2 Å². The van der Waals surface area contributed by atoms with Crippen LogP contribution in [0.3, 0.4) is 0 Å². The minimum absolute atomic E-state index is 0.0409. The van der Waals surface area contributed by atoms with Crippen LogP contribution < -0.4 is 5.32 Å². The van der Waals surface area contributed by atoms with Crippen molar-refractivity contribution < 1.29 is 19.1 Å². The fourth-order valence-electron chi connectivity index (χ4n) is 2.36. The average Bonchev–Trinajstić information content (AvgIpc) is 2.38. The van der Waals surface area contributed by atoms with Crippen LogP contribution in [0.15, 0.2) is 18.2 Å². The van der Waals surface area contributed by atoms with E-state index in [1.54, 1.807) is 4.90 Å². The number of amides is 2. The summed E-state index contributed by atoms with van der Waals surface area (Å²) in [4.78, 5) is 24.7. The lowest BCUT2D eigenvalue weighted by molar-refractivity contribution is -0.119. The molecule has 0 spiro atoms. The van der Waals surface area contributed by atoms with Gasteiger partial charge in [0, 0.05) is 32.1 Å². The predicted molar refractivity (Wildman–Crippen MR) is 70.8 cm³/mol. The number of phenolic OH excluding ortho intramolecular Hbond substituents is 1. The summed E-state index contributed by atoms with van der Waals surface area (Å²) in [6.45, 7) is 2.41. The number of halogens is 1. The maximum Gasteiger partial charge on any atom is 0.256 e. The number of rotatable bonds is 2. The van der Waals surface area contributed by atoms with Crippen LogP contribution >= 0.6 is 0 Å². The topological polar surface area (TPSA) is 69.6 Å². The minimum atomic E-state index is -0.723. The molecule has 0 radical (unpaired) electrons. The van der Waals surface area contributed by atoms with Crippen molar-refractivity contribution in [2.75, 3.05) is 13.1 Å². The van der Waals surface area contributed by atoms with Crippen molar-refractivity contribution in [1.29, 1.82) is 0 Å². The number of piperidine rings is 1. The summed E-state index contributed by atoms with van der Waals surface area (Å²) in [7, 11) is 0. The van der Waals surface area contributed by atoms with Gasteiger partial charge in [0.05, 0.1) is 5.56 Å². The molecule has 1 aliphatic rings. The van der Waals surface area contributed by atoms with Crippen molar-refractivity contribution in [2.24, 2.45) is 0 Å². The van der Waals surface area contributed by atoms with Crippen LogP contribution in [0.4, 0.5) is 4.39 Å². The molecule has 0 aromatic heterocycles. The van der Waals surface area contributed by atoms with Crippen molar-refractivity contribution in [2.45, 2.75) is 25.8 Å². The standard InChI is InChI=1S/C14H17FN2O3/c1-9(18)16-10-4-6-17(7-5-10)14(20)12-3-2-11(19)8-13(12)15/h2-3,8,10,19H,4-7H2,1H3,(H,16,18). The van der Waals surface area contributed by atoms with Gasteiger partial charge in [-0.25, -0.2) is 4.39 Å². The number of phenols is 1. The smallest absolute Gasteiger partial charge is 0.256 e. The van der Waals surface area contributed by atoms with Crippen molar-refractivity contribution in [3.63, 3.8) is 0 Å². The minimum Gasteiger partial charge on any atom is -0.508 e. The summed E-state index contributed by atoms with van der Waals surface area (Å²) < 4.78 is 13.6. The van der Waals surface area contributed by atoms with E-state index < -0.39 is 5.82 Å². The monoisotopic (exact) mass is 280 g/mol. The molecule has 20 heavy (non-hydrogen) atoms. The number of hydrogen-bond acceptors (Lipinski definition) is 3. The van der Waals surface area contributed by atoms with E-state index in [1.807, 2.05) is 0 Å². The van der Waals surface area contributed by atoms with Gasteiger partial charge >= 0.3 is 0 Å². The second kappa shape index (κ2) is 5.90. The molecule has 0 bridgehead atoms. The van der Waals surface area contributed by atoms with Gasteiger partial charge in [-0.3, -0.25) is 9.59 Å². The Balaban J connectivity index is 1.99. The summed E-state index contributed by atoms with van der Waals surface area (Å²) in [5.41, 5.74) is -0.0409. The van der Waals surface area contributed by atoms with Gasteiger partial charge in [0.2, 0.25) is 5.91 Å². The number of carbonyl (C=O) groups excluding carboxylic acids is 2. The van der Waals surface area contributed by atoms with Crippen molar-refractivity contribution in [3.8, 4) is 5.75 Å². The highest BCUT2D eigenvalue weighted by atomic mass is 19.1. The highest BCUT2D eigenvalue weighted by Crippen LogP contribution is 2.19. The van der Waals surface area contributed by atoms with Gasteiger partial charge in [-0.1, -0.05) is 0 Å². The van der Waals surface area contributed by atoms with Crippen LogP contribution in [0.1, 0.15) is 30.1 Å². The van der Waals surface area contributed by atoms with Gasteiger partial charge in [0.1, 0.15) is 11.6 Å². The van der Waals surface area contributed by atoms with E-state index in [0.29, 0.717) is 25.9 Å². The summed E-state index contributed by atoms with van der Waals surface area (Å²) in [6, 6.07) is 3.58. The number of benzene rings is 1. The van der Waals surface area contributed by atoms with Crippen LogP contribution in [-0.2, 0) is 4.79 Å². The maximum absolute atomic E-state index is 13.6. The van der Waals surface area contributed by atoms with E-state index in [1.165, 1.54) is 19.1 Å². The molecule has 1 aromatic carbocycles. The summed E-state index contributed by atoms with van der Waals surface area (Å²) in [6.07, 6.45) is 1.32. The molecule has 2 rings (SSSR count). The Bertz CT molecular complexity index is 525.